The summed E-state index contributed by atoms with van der Waals surface area (Å²) >= 11 is 1.25. The number of aryl methyl sites for hydroxylation is 1. The normalized spacial score (nSPS) is 27.8. The molecule has 1 aliphatic heterocycles. The topological polar surface area (TPSA) is 140 Å². The van der Waals surface area contributed by atoms with Crippen LogP contribution in [0.1, 0.15) is 77.1 Å². The van der Waals surface area contributed by atoms with Crippen LogP contribution in [-0.4, -0.2) is 53.7 Å². The van der Waals surface area contributed by atoms with Gasteiger partial charge in [0.05, 0.1) is 34.6 Å². The number of carbonyl (C=O) groups is 2. The molecular formula is C34H45NO8S2. The quantitative estimate of drug-likeness (QED) is 0.285. The number of thiazole rings is 1. The number of nitrogens with zero attached hydrogens (tertiary/aromatic N) is 1. The Bertz CT molecular complexity index is 1540. The number of Topliss-reactive ketones (excluding diaryl/α,β-unsaturated/α-hetero) is 1. The van der Waals surface area contributed by atoms with Gasteiger partial charge in [0.1, 0.15) is 23.5 Å². The smallest absolute Gasteiger partial charge is 0.309 e. The minimum Gasteiger partial charge on any atom is -0.457 e. The highest BCUT2D eigenvalue weighted by atomic mass is 32.2. The van der Waals surface area contributed by atoms with Gasteiger partial charge in [-0.3, -0.25) is 13.8 Å². The molecule has 5 atom stereocenters. The van der Waals surface area contributed by atoms with Crippen LogP contribution in [0.3, 0.4) is 0 Å². The summed E-state index contributed by atoms with van der Waals surface area (Å²) in [5.41, 5.74) is 1.84. The van der Waals surface area contributed by atoms with Gasteiger partial charge < -0.3 is 14.9 Å². The molecule has 0 bridgehead atoms. The third-order valence-electron chi connectivity index (χ3n) is 8.25. The molecule has 3 rings (SSSR count). The van der Waals surface area contributed by atoms with Crippen molar-refractivity contribution in [3.63, 3.8) is 0 Å². The molecule has 0 unspecified atom stereocenters. The van der Waals surface area contributed by atoms with E-state index >= 15 is 0 Å². The highest BCUT2D eigenvalue weighted by Gasteiger charge is 2.42. The Morgan fingerprint density at radius 3 is 2.47 bits per heavy atom. The predicted octanol–water partition coefficient (Wildman–Crippen LogP) is 5.95. The van der Waals surface area contributed by atoms with Gasteiger partial charge in [-0.15, -0.1) is 11.3 Å². The number of ether oxygens (including phenoxy) is 1. The number of hydrogen-bond acceptors (Lipinski definition) is 10. The van der Waals surface area contributed by atoms with Gasteiger partial charge in [0, 0.05) is 17.7 Å². The molecule has 0 spiro atoms. The first-order valence-corrected chi connectivity index (χ1v) is 17.3. The van der Waals surface area contributed by atoms with Crippen molar-refractivity contribution in [1.82, 2.24) is 4.98 Å². The van der Waals surface area contributed by atoms with E-state index in [2.05, 4.69) is 4.98 Å². The Balaban J connectivity index is 1.81. The molecule has 2 aromatic rings. The van der Waals surface area contributed by atoms with Crippen molar-refractivity contribution in [3.8, 4) is 0 Å². The van der Waals surface area contributed by atoms with Crippen LogP contribution >= 0.6 is 11.3 Å². The van der Waals surface area contributed by atoms with Crippen LogP contribution in [0.15, 0.2) is 63.9 Å². The highest BCUT2D eigenvalue weighted by Crippen LogP contribution is 2.32. The van der Waals surface area contributed by atoms with Gasteiger partial charge in [-0.25, -0.2) is 4.98 Å². The van der Waals surface area contributed by atoms with Crippen molar-refractivity contribution in [2.45, 2.75) is 97.5 Å². The maximum atomic E-state index is 13.3. The summed E-state index contributed by atoms with van der Waals surface area (Å²) in [5.74, 6) is -1.90. The average Bonchev–Trinajstić information content (AvgIpc) is 3.43. The van der Waals surface area contributed by atoms with E-state index in [1.165, 1.54) is 23.5 Å². The first-order valence-electron chi connectivity index (χ1n) is 15.0. The zero-order chi connectivity index (χ0) is 33.5. The number of hydrogen-bond donors (Lipinski definition) is 2. The molecule has 1 aliphatic rings. The summed E-state index contributed by atoms with van der Waals surface area (Å²) in [4.78, 5) is 30.9. The second-order valence-electron chi connectivity index (χ2n) is 12.4. The number of aliphatic hydroxyl groups excluding tert-OH is 2. The predicted molar refractivity (Wildman–Crippen MR) is 175 cm³/mol. The fourth-order valence-electron chi connectivity index (χ4n) is 5.00. The molecule has 0 saturated carbocycles. The standard InChI is InChI=1S/C34H45NO8S2/c1-21-9-8-10-23(3)32(38)25(5)33(39)34(6,7)29(36)18-31(37)43-28(16-13-21)24(4)17-26-20-44-30(35-26)19-42-45(40,41)27-14-11-22(2)12-15-27/h8-9,11-15,17,20,23,25,28-29,32,36,38H,10,16,18-19H2,1-7H3/b9-8+,21-13-,24-17+/t23-,25+,28-,29-,32-/m0/s1. The minimum atomic E-state index is -3.94. The Kier molecular flexibility index (Phi) is 12.6. The lowest BCUT2D eigenvalue weighted by molar-refractivity contribution is -0.154. The highest BCUT2D eigenvalue weighted by molar-refractivity contribution is 7.86. The Hall–Kier alpha value is -2.96. The molecular weight excluding hydrogens is 615 g/mol. The summed E-state index contributed by atoms with van der Waals surface area (Å²) in [6.45, 7) is 12.1. The van der Waals surface area contributed by atoms with Crippen molar-refractivity contribution in [1.29, 1.82) is 0 Å². The SMILES string of the molecule is CC1=C/C[C@@H](/C(C)=C/c2csc(COS(=O)(=O)c3ccc(C)cc3)n2)OC(=O)C[C@H](O)C(C)(C)C(=O)[C@H](C)[C@@H](O)[C@@H](C)C\C=C\1. The maximum absolute atomic E-state index is 13.3. The molecule has 0 saturated heterocycles. The third-order valence-corrected chi connectivity index (χ3v) is 10.4. The lowest BCUT2D eigenvalue weighted by Crippen LogP contribution is -2.45. The van der Waals surface area contributed by atoms with E-state index in [1.54, 1.807) is 51.3 Å². The Labute approximate surface area is 270 Å². The number of allylic oxidation sites excluding steroid dienone is 3. The Morgan fingerprint density at radius 1 is 1.13 bits per heavy atom. The number of aromatic nitrogens is 1. The maximum Gasteiger partial charge on any atom is 0.309 e. The second kappa shape index (κ2) is 15.6. The first-order chi connectivity index (χ1) is 21.0. The molecule has 246 valence electrons. The Morgan fingerprint density at radius 2 is 1.80 bits per heavy atom. The van der Waals surface area contributed by atoms with Crippen LogP contribution in [0.4, 0.5) is 0 Å². The molecule has 45 heavy (non-hydrogen) atoms. The molecule has 0 fully saturated rings. The number of carbonyl (C=O) groups excluding carboxylic acids is 2. The van der Waals surface area contributed by atoms with Crippen LogP contribution in [-0.2, 0) is 35.2 Å². The van der Waals surface area contributed by atoms with E-state index in [9.17, 15) is 28.2 Å². The molecule has 2 N–H and O–H groups in total. The van der Waals surface area contributed by atoms with E-state index < -0.39 is 52.2 Å². The molecule has 0 radical (unpaired) electrons. The van der Waals surface area contributed by atoms with Crippen molar-refractivity contribution < 1.29 is 37.1 Å². The number of esters is 1. The van der Waals surface area contributed by atoms with E-state index in [0.717, 1.165) is 11.1 Å². The average molecular weight is 660 g/mol. The summed E-state index contributed by atoms with van der Waals surface area (Å²) in [7, 11) is -3.94. The van der Waals surface area contributed by atoms with Gasteiger partial charge in [0.15, 0.2) is 0 Å². The van der Waals surface area contributed by atoms with Crippen LogP contribution in [0.2, 0.25) is 0 Å². The van der Waals surface area contributed by atoms with Gasteiger partial charge in [0.25, 0.3) is 10.1 Å². The zero-order valence-electron chi connectivity index (χ0n) is 27.0. The van der Waals surface area contributed by atoms with Crippen molar-refractivity contribution in [3.05, 3.63) is 75.3 Å². The van der Waals surface area contributed by atoms with E-state index in [1.807, 2.05) is 39.0 Å². The number of benzene rings is 1. The third kappa shape index (κ3) is 10.0. The number of aliphatic hydroxyl groups is 2. The van der Waals surface area contributed by atoms with Gasteiger partial charge in [0.2, 0.25) is 0 Å². The summed E-state index contributed by atoms with van der Waals surface area (Å²) in [5, 5.41) is 24.0. The van der Waals surface area contributed by atoms with E-state index in [4.69, 9.17) is 8.92 Å². The minimum absolute atomic E-state index is 0.0696. The molecule has 9 nitrogen and oxygen atoms in total. The van der Waals surface area contributed by atoms with Crippen LogP contribution in [0.5, 0.6) is 0 Å². The summed E-state index contributed by atoms with van der Waals surface area (Å²) in [6, 6.07) is 6.39. The summed E-state index contributed by atoms with van der Waals surface area (Å²) < 4.78 is 36.2. The van der Waals surface area contributed by atoms with E-state index in [0.29, 0.717) is 29.1 Å². The number of ketones is 1. The number of cyclic esters (lactones) is 1. The summed E-state index contributed by atoms with van der Waals surface area (Å²) in [6.07, 6.45) is 5.23. The molecule has 0 aliphatic carbocycles. The van der Waals surface area contributed by atoms with Crippen LogP contribution in [0, 0.1) is 24.2 Å². The monoisotopic (exact) mass is 659 g/mol. The van der Waals surface area contributed by atoms with E-state index in [-0.39, 0.29) is 23.2 Å². The van der Waals surface area contributed by atoms with Gasteiger partial charge >= 0.3 is 5.97 Å². The second-order valence-corrected chi connectivity index (χ2v) is 15.0. The van der Waals surface area contributed by atoms with Gasteiger partial charge in [-0.2, -0.15) is 8.42 Å². The van der Waals surface area contributed by atoms with Crippen molar-refractivity contribution >= 4 is 39.3 Å². The molecule has 1 aromatic heterocycles. The largest absolute Gasteiger partial charge is 0.457 e. The van der Waals surface area contributed by atoms with Crippen LogP contribution in [0.25, 0.3) is 6.08 Å². The van der Waals surface area contributed by atoms with Crippen molar-refractivity contribution in [2.24, 2.45) is 17.3 Å². The van der Waals surface area contributed by atoms with Crippen LogP contribution < -0.4 is 0 Å². The number of rotatable bonds is 6. The molecule has 1 aromatic carbocycles. The molecule has 0 amide bonds. The lowest BCUT2D eigenvalue weighted by atomic mass is 9.73. The van der Waals surface area contributed by atoms with Gasteiger partial charge in [-0.05, 0) is 56.9 Å². The fourth-order valence-corrected chi connectivity index (χ4v) is 6.61. The molecule has 2 heterocycles. The molecule has 11 heteroatoms. The van der Waals surface area contributed by atoms with Crippen molar-refractivity contribution in [2.75, 3.05) is 0 Å². The fraction of sp³-hybridized carbons (Fsp3) is 0.500. The lowest BCUT2D eigenvalue weighted by Gasteiger charge is -2.34. The first kappa shape index (κ1) is 36.5. The zero-order valence-corrected chi connectivity index (χ0v) is 28.7. The van der Waals surface area contributed by atoms with Gasteiger partial charge in [-0.1, -0.05) is 69.2 Å².